The predicted molar refractivity (Wildman–Crippen MR) is 134 cm³/mol. The number of nitrogens with zero attached hydrogens (tertiary/aromatic N) is 2. The van der Waals surface area contributed by atoms with E-state index in [2.05, 4.69) is 51.7 Å². The minimum absolute atomic E-state index is 0.0318. The number of amides is 2. The molecule has 3 atom stereocenters. The lowest BCUT2D eigenvalue weighted by Crippen LogP contribution is -2.64. The zero-order chi connectivity index (χ0) is 24.4. The number of piperidine rings is 1. The summed E-state index contributed by atoms with van der Waals surface area (Å²) in [6.07, 6.45) is 1.74. The molecule has 2 saturated heterocycles. The standard InChI is InChI=1S/C27H34N4O4/c1-19(32)29-27-17-30(2)26(20-7-4-3-5-8-20)22(27)11-12-31(18-27)16-25(33)28-21-9-10-23-24(15-21)35-14-6-13-34-23/h3-5,7-10,15,22,26H,6,11-14,16-18H2,1-2H3,(H,28,33)(H,29,32)/t22-,26-,27+/m1/s1. The van der Waals surface area contributed by atoms with E-state index in [9.17, 15) is 9.59 Å². The summed E-state index contributed by atoms with van der Waals surface area (Å²) in [5.41, 5.74) is 1.57. The summed E-state index contributed by atoms with van der Waals surface area (Å²) >= 11 is 0. The maximum Gasteiger partial charge on any atom is 0.238 e. The quantitative estimate of drug-likeness (QED) is 0.688. The Morgan fingerprint density at radius 1 is 1.06 bits per heavy atom. The number of likely N-dealkylation sites (tertiary alicyclic amines) is 2. The first-order valence-corrected chi connectivity index (χ1v) is 12.4. The molecular formula is C27H34N4O4. The van der Waals surface area contributed by atoms with Crippen LogP contribution in [0.2, 0.25) is 0 Å². The summed E-state index contributed by atoms with van der Waals surface area (Å²) in [7, 11) is 2.13. The van der Waals surface area contributed by atoms with Gasteiger partial charge in [-0.15, -0.1) is 0 Å². The van der Waals surface area contributed by atoms with E-state index in [1.165, 1.54) is 5.56 Å². The molecule has 186 valence electrons. The molecule has 0 aromatic heterocycles. The number of anilines is 1. The van der Waals surface area contributed by atoms with Gasteiger partial charge < -0.3 is 20.1 Å². The lowest BCUT2D eigenvalue weighted by atomic mass is 9.75. The normalized spacial score (nSPS) is 26.5. The van der Waals surface area contributed by atoms with Gasteiger partial charge in [0.2, 0.25) is 11.8 Å². The molecule has 3 aliphatic heterocycles. The second-order valence-electron chi connectivity index (χ2n) is 9.97. The number of hydrogen-bond donors (Lipinski definition) is 2. The number of benzene rings is 2. The van der Waals surface area contributed by atoms with Gasteiger partial charge in [0.15, 0.2) is 11.5 Å². The van der Waals surface area contributed by atoms with Crippen LogP contribution in [0.4, 0.5) is 5.69 Å². The van der Waals surface area contributed by atoms with Gasteiger partial charge in [-0.3, -0.25) is 19.4 Å². The third-order valence-electron chi connectivity index (χ3n) is 7.32. The molecule has 0 saturated carbocycles. The Kier molecular flexibility index (Phi) is 6.67. The van der Waals surface area contributed by atoms with Crippen LogP contribution < -0.4 is 20.1 Å². The fourth-order valence-corrected chi connectivity index (χ4v) is 6.11. The number of rotatable bonds is 5. The smallest absolute Gasteiger partial charge is 0.238 e. The largest absolute Gasteiger partial charge is 0.490 e. The number of fused-ring (bicyclic) bond motifs is 2. The minimum Gasteiger partial charge on any atom is -0.490 e. The Balaban J connectivity index is 1.28. The van der Waals surface area contributed by atoms with E-state index in [4.69, 9.17) is 9.47 Å². The van der Waals surface area contributed by atoms with Crippen LogP contribution in [0.15, 0.2) is 48.5 Å². The summed E-state index contributed by atoms with van der Waals surface area (Å²) in [5.74, 6) is 1.53. The molecule has 2 aromatic carbocycles. The molecule has 0 aliphatic carbocycles. The van der Waals surface area contributed by atoms with E-state index in [1.54, 1.807) is 6.92 Å². The van der Waals surface area contributed by atoms with E-state index < -0.39 is 5.54 Å². The molecule has 35 heavy (non-hydrogen) atoms. The van der Waals surface area contributed by atoms with Crippen molar-refractivity contribution in [2.75, 3.05) is 51.8 Å². The minimum atomic E-state index is -0.394. The molecule has 0 bridgehead atoms. The Bertz CT molecular complexity index is 1080. The third kappa shape index (κ3) is 4.99. The van der Waals surface area contributed by atoms with Gasteiger partial charge in [-0.25, -0.2) is 0 Å². The SMILES string of the molecule is CC(=O)N[C@@]12CN(CC(=O)Nc3ccc4c(c3)OCCCO4)CC[C@@H]1[C@@H](c1ccccc1)N(C)C2. The van der Waals surface area contributed by atoms with E-state index in [-0.39, 0.29) is 30.3 Å². The first kappa shape index (κ1) is 23.6. The van der Waals surface area contributed by atoms with Crippen molar-refractivity contribution in [2.45, 2.75) is 31.3 Å². The van der Waals surface area contributed by atoms with Crippen molar-refractivity contribution in [2.24, 2.45) is 5.92 Å². The van der Waals surface area contributed by atoms with Crippen LogP contribution >= 0.6 is 0 Å². The lowest BCUT2D eigenvalue weighted by Gasteiger charge is -2.45. The van der Waals surface area contributed by atoms with Gasteiger partial charge in [0, 0.05) is 50.1 Å². The molecule has 2 amide bonds. The molecule has 8 nitrogen and oxygen atoms in total. The average molecular weight is 479 g/mol. The van der Waals surface area contributed by atoms with E-state index >= 15 is 0 Å². The Labute approximate surface area is 206 Å². The van der Waals surface area contributed by atoms with Crippen molar-refractivity contribution < 1.29 is 19.1 Å². The summed E-state index contributed by atoms with van der Waals surface area (Å²) in [4.78, 5) is 29.7. The van der Waals surface area contributed by atoms with Crippen LogP contribution in [0, 0.1) is 5.92 Å². The van der Waals surface area contributed by atoms with Crippen molar-refractivity contribution in [3.8, 4) is 11.5 Å². The van der Waals surface area contributed by atoms with Gasteiger partial charge in [0.1, 0.15) is 0 Å². The van der Waals surface area contributed by atoms with Crippen LogP contribution in [-0.2, 0) is 9.59 Å². The zero-order valence-corrected chi connectivity index (χ0v) is 20.5. The molecule has 2 aromatic rings. The number of carbonyl (C=O) groups excluding carboxylic acids is 2. The van der Waals surface area contributed by atoms with Gasteiger partial charge in [0.05, 0.1) is 25.3 Å². The summed E-state index contributed by atoms with van der Waals surface area (Å²) in [6.45, 7) is 5.27. The van der Waals surface area contributed by atoms with Crippen LogP contribution in [0.5, 0.6) is 11.5 Å². The summed E-state index contributed by atoms with van der Waals surface area (Å²) in [6, 6.07) is 16.2. The Morgan fingerprint density at radius 3 is 2.60 bits per heavy atom. The van der Waals surface area contributed by atoms with Gasteiger partial charge >= 0.3 is 0 Å². The summed E-state index contributed by atoms with van der Waals surface area (Å²) < 4.78 is 11.4. The van der Waals surface area contributed by atoms with Crippen LogP contribution in [0.3, 0.4) is 0 Å². The van der Waals surface area contributed by atoms with Gasteiger partial charge in [-0.05, 0) is 37.7 Å². The molecule has 3 heterocycles. The fourth-order valence-electron chi connectivity index (χ4n) is 6.11. The third-order valence-corrected chi connectivity index (χ3v) is 7.32. The highest BCUT2D eigenvalue weighted by Gasteiger charge is 2.54. The molecule has 8 heteroatoms. The number of likely N-dealkylation sites (N-methyl/N-ethyl adjacent to an activating group) is 1. The van der Waals surface area contributed by atoms with Crippen molar-refractivity contribution in [3.05, 3.63) is 54.1 Å². The van der Waals surface area contributed by atoms with E-state index in [1.807, 2.05) is 24.3 Å². The van der Waals surface area contributed by atoms with Gasteiger partial charge in [-0.2, -0.15) is 0 Å². The highest BCUT2D eigenvalue weighted by atomic mass is 16.5. The Hall–Kier alpha value is -3.10. The Morgan fingerprint density at radius 2 is 1.83 bits per heavy atom. The number of hydrogen-bond acceptors (Lipinski definition) is 6. The molecule has 2 N–H and O–H groups in total. The second kappa shape index (κ2) is 9.87. The molecule has 0 radical (unpaired) electrons. The van der Waals surface area contributed by atoms with Crippen LogP contribution in [-0.4, -0.2) is 73.6 Å². The fraction of sp³-hybridized carbons (Fsp3) is 0.481. The van der Waals surface area contributed by atoms with Gasteiger partial charge in [-0.1, -0.05) is 30.3 Å². The molecule has 3 aliphatic rings. The maximum atomic E-state index is 13.0. The molecule has 2 fully saturated rings. The molecule has 0 unspecified atom stereocenters. The second-order valence-corrected chi connectivity index (χ2v) is 9.97. The van der Waals surface area contributed by atoms with E-state index in [0.717, 1.165) is 25.9 Å². The summed E-state index contributed by atoms with van der Waals surface area (Å²) in [5, 5.41) is 6.30. The number of nitrogens with one attached hydrogen (secondary N) is 2. The topological polar surface area (TPSA) is 83.1 Å². The van der Waals surface area contributed by atoms with Crippen molar-refractivity contribution in [1.82, 2.24) is 15.1 Å². The number of ether oxygens (including phenoxy) is 2. The molecular weight excluding hydrogens is 444 g/mol. The first-order chi connectivity index (χ1) is 16.9. The highest BCUT2D eigenvalue weighted by Crippen LogP contribution is 2.46. The highest BCUT2D eigenvalue weighted by molar-refractivity contribution is 5.92. The monoisotopic (exact) mass is 478 g/mol. The van der Waals surface area contributed by atoms with Crippen LogP contribution in [0.1, 0.15) is 31.4 Å². The lowest BCUT2D eigenvalue weighted by molar-refractivity contribution is -0.122. The van der Waals surface area contributed by atoms with Crippen molar-refractivity contribution >= 4 is 17.5 Å². The van der Waals surface area contributed by atoms with Crippen LogP contribution in [0.25, 0.3) is 0 Å². The average Bonchev–Trinajstić information content (AvgIpc) is 2.94. The zero-order valence-electron chi connectivity index (χ0n) is 20.5. The van der Waals surface area contributed by atoms with Gasteiger partial charge in [0.25, 0.3) is 0 Å². The molecule has 5 rings (SSSR count). The van der Waals surface area contributed by atoms with E-state index in [0.29, 0.717) is 36.9 Å². The van der Waals surface area contributed by atoms with Crippen molar-refractivity contribution in [3.63, 3.8) is 0 Å². The van der Waals surface area contributed by atoms with Crippen molar-refractivity contribution in [1.29, 1.82) is 0 Å². The molecule has 0 spiro atoms. The maximum absolute atomic E-state index is 13.0. The number of carbonyl (C=O) groups is 2. The predicted octanol–water partition coefficient (Wildman–Crippen LogP) is 2.67. The first-order valence-electron chi connectivity index (χ1n) is 12.4.